The molecule has 2 aromatic rings. The number of nitrogens with zero attached hydrogens (tertiary/aromatic N) is 3. The molecule has 0 spiro atoms. The van der Waals surface area contributed by atoms with E-state index in [9.17, 15) is 4.79 Å². The lowest BCUT2D eigenvalue weighted by Crippen LogP contribution is -2.32. The van der Waals surface area contributed by atoms with Gasteiger partial charge in [0.2, 0.25) is 0 Å². The number of carbonyl (C=O) groups is 1. The minimum absolute atomic E-state index is 0.223. The number of hydrogen-bond acceptors (Lipinski definition) is 6. The second kappa shape index (κ2) is 6.47. The van der Waals surface area contributed by atoms with Crippen molar-refractivity contribution in [2.24, 2.45) is 0 Å². The molecular formula is C13H17N3O2S. The number of rotatable bonds is 6. The number of fused-ring (bicyclic) bond motifs is 1. The molecule has 2 heterocycles. The molecule has 19 heavy (non-hydrogen) atoms. The van der Waals surface area contributed by atoms with Crippen LogP contribution in [-0.4, -0.2) is 35.6 Å². The van der Waals surface area contributed by atoms with Gasteiger partial charge in [-0.05, 0) is 24.8 Å². The molecule has 0 amide bonds. The summed E-state index contributed by atoms with van der Waals surface area (Å²) in [5, 5.41) is 1.98. The van der Waals surface area contributed by atoms with Gasteiger partial charge in [-0.15, -0.1) is 11.3 Å². The lowest BCUT2D eigenvalue weighted by atomic mass is 10.3. The summed E-state index contributed by atoms with van der Waals surface area (Å²) in [5.41, 5.74) is 0.917. The highest BCUT2D eigenvalue weighted by molar-refractivity contribution is 7.17. The number of ether oxygens (including phenoxy) is 1. The zero-order chi connectivity index (χ0) is 13.7. The molecule has 0 fully saturated rings. The van der Waals surface area contributed by atoms with Gasteiger partial charge in [-0.25, -0.2) is 9.97 Å². The fourth-order valence-electron chi connectivity index (χ4n) is 1.89. The quantitative estimate of drug-likeness (QED) is 0.760. The first-order valence-corrected chi connectivity index (χ1v) is 7.23. The van der Waals surface area contributed by atoms with E-state index >= 15 is 0 Å². The third-order valence-corrected chi connectivity index (χ3v) is 3.54. The number of anilines is 1. The molecule has 0 atom stereocenters. The lowest BCUT2D eigenvalue weighted by molar-refractivity contribution is -0.141. The molecule has 2 aromatic heterocycles. The Bertz CT molecular complexity index is 556. The molecule has 2 rings (SSSR count). The van der Waals surface area contributed by atoms with E-state index in [2.05, 4.69) is 16.9 Å². The van der Waals surface area contributed by atoms with Crippen LogP contribution in [0.3, 0.4) is 0 Å². The van der Waals surface area contributed by atoms with Crippen LogP contribution in [0.15, 0.2) is 17.8 Å². The Morgan fingerprint density at radius 1 is 1.42 bits per heavy atom. The third kappa shape index (κ3) is 3.20. The van der Waals surface area contributed by atoms with E-state index in [4.69, 9.17) is 4.74 Å². The largest absolute Gasteiger partial charge is 0.465 e. The first-order valence-electron chi connectivity index (χ1n) is 6.35. The molecule has 5 nitrogen and oxygen atoms in total. The molecule has 0 aliphatic carbocycles. The summed E-state index contributed by atoms with van der Waals surface area (Å²) in [7, 11) is 0. The van der Waals surface area contributed by atoms with Gasteiger partial charge in [0, 0.05) is 6.54 Å². The van der Waals surface area contributed by atoms with Crippen molar-refractivity contribution in [2.75, 3.05) is 24.6 Å². The van der Waals surface area contributed by atoms with Crippen LogP contribution >= 0.6 is 11.3 Å². The van der Waals surface area contributed by atoms with Crippen molar-refractivity contribution in [3.05, 3.63) is 17.8 Å². The monoisotopic (exact) mass is 279 g/mol. The van der Waals surface area contributed by atoms with Crippen LogP contribution < -0.4 is 4.90 Å². The Hall–Kier alpha value is -1.69. The van der Waals surface area contributed by atoms with Crippen LogP contribution in [0.5, 0.6) is 0 Å². The predicted octanol–water partition coefficient (Wildman–Crippen LogP) is 2.47. The average Bonchev–Trinajstić information content (AvgIpc) is 2.86. The highest BCUT2D eigenvalue weighted by atomic mass is 32.1. The molecular weight excluding hydrogens is 262 g/mol. The van der Waals surface area contributed by atoms with Crippen molar-refractivity contribution >= 4 is 33.3 Å². The van der Waals surface area contributed by atoms with Gasteiger partial charge in [0.15, 0.2) is 5.82 Å². The molecule has 0 N–H and O–H groups in total. The molecule has 6 heteroatoms. The summed E-state index contributed by atoms with van der Waals surface area (Å²) in [6.45, 7) is 5.28. The Labute approximate surface area is 116 Å². The van der Waals surface area contributed by atoms with Gasteiger partial charge in [-0.3, -0.25) is 4.79 Å². The van der Waals surface area contributed by atoms with Gasteiger partial charge >= 0.3 is 5.97 Å². The number of aromatic nitrogens is 2. The van der Waals surface area contributed by atoms with Crippen LogP contribution in [0, 0.1) is 0 Å². The average molecular weight is 279 g/mol. The summed E-state index contributed by atoms with van der Waals surface area (Å²) in [4.78, 5) is 22.2. The van der Waals surface area contributed by atoms with E-state index in [0.29, 0.717) is 6.61 Å². The minimum atomic E-state index is -0.223. The van der Waals surface area contributed by atoms with Crippen LogP contribution in [0.1, 0.15) is 20.3 Å². The SMILES string of the molecule is CCCN(CC(=O)OCC)c1ncnc2ccsc12. The third-order valence-electron chi connectivity index (χ3n) is 2.64. The van der Waals surface area contributed by atoms with Crippen molar-refractivity contribution in [1.82, 2.24) is 9.97 Å². The first-order chi connectivity index (χ1) is 9.26. The second-order valence-electron chi connectivity index (χ2n) is 4.06. The molecule has 0 aromatic carbocycles. The zero-order valence-corrected chi connectivity index (χ0v) is 11.9. The van der Waals surface area contributed by atoms with Crippen molar-refractivity contribution in [3.8, 4) is 0 Å². The normalized spacial score (nSPS) is 10.6. The van der Waals surface area contributed by atoms with Gasteiger partial charge in [-0.2, -0.15) is 0 Å². The van der Waals surface area contributed by atoms with E-state index in [0.717, 1.165) is 29.0 Å². The van der Waals surface area contributed by atoms with Crippen LogP contribution in [0.4, 0.5) is 5.82 Å². The molecule has 0 aliphatic heterocycles. The fourth-order valence-corrected chi connectivity index (χ4v) is 2.76. The number of carbonyl (C=O) groups excluding carboxylic acids is 1. The van der Waals surface area contributed by atoms with E-state index < -0.39 is 0 Å². The Kier molecular flexibility index (Phi) is 4.68. The standard InChI is InChI=1S/C13H17N3O2S/c1-3-6-16(8-11(17)18-4-2)13-12-10(5-7-19-12)14-9-15-13/h5,7,9H,3-4,6,8H2,1-2H3. The van der Waals surface area contributed by atoms with Crippen molar-refractivity contribution in [2.45, 2.75) is 20.3 Å². The molecule has 0 aliphatic rings. The van der Waals surface area contributed by atoms with Gasteiger partial charge in [-0.1, -0.05) is 6.92 Å². The van der Waals surface area contributed by atoms with Crippen LogP contribution in [0.2, 0.25) is 0 Å². The summed E-state index contributed by atoms with van der Waals surface area (Å²) in [5.74, 6) is 0.592. The highest BCUT2D eigenvalue weighted by Gasteiger charge is 2.16. The maximum absolute atomic E-state index is 11.7. The summed E-state index contributed by atoms with van der Waals surface area (Å²) in [6, 6.07) is 1.96. The van der Waals surface area contributed by atoms with Gasteiger partial charge in [0.1, 0.15) is 12.9 Å². The predicted molar refractivity (Wildman–Crippen MR) is 76.6 cm³/mol. The Morgan fingerprint density at radius 3 is 3.00 bits per heavy atom. The minimum Gasteiger partial charge on any atom is -0.465 e. The van der Waals surface area contributed by atoms with E-state index in [1.54, 1.807) is 11.3 Å². The van der Waals surface area contributed by atoms with Gasteiger partial charge in [0.05, 0.1) is 16.8 Å². The Morgan fingerprint density at radius 2 is 2.26 bits per heavy atom. The van der Waals surface area contributed by atoms with Crippen molar-refractivity contribution in [1.29, 1.82) is 0 Å². The smallest absolute Gasteiger partial charge is 0.325 e. The van der Waals surface area contributed by atoms with E-state index in [-0.39, 0.29) is 12.5 Å². The van der Waals surface area contributed by atoms with Gasteiger partial charge in [0.25, 0.3) is 0 Å². The van der Waals surface area contributed by atoms with Gasteiger partial charge < -0.3 is 9.64 Å². The number of hydrogen-bond donors (Lipinski definition) is 0. The summed E-state index contributed by atoms with van der Waals surface area (Å²) >= 11 is 1.59. The molecule has 0 saturated carbocycles. The topological polar surface area (TPSA) is 55.3 Å². The molecule has 0 radical (unpaired) electrons. The lowest BCUT2D eigenvalue weighted by Gasteiger charge is -2.22. The molecule has 0 saturated heterocycles. The van der Waals surface area contributed by atoms with E-state index in [1.165, 1.54) is 6.33 Å². The molecule has 0 bridgehead atoms. The van der Waals surface area contributed by atoms with Crippen LogP contribution in [-0.2, 0) is 9.53 Å². The Balaban J connectivity index is 2.27. The van der Waals surface area contributed by atoms with Crippen molar-refractivity contribution < 1.29 is 9.53 Å². The summed E-state index contributed by atoms with van der Waals surface area (Å²) in [6.07, 6.45) is 2.48. The maximum Gasteiger partial charge on any atom is 0.325 e. The first kappa shape index (κ1) is 13.7. The summed E-state index contributed by atoms with van der Waals surface area (Å²) < 4.78 is 6.03. The van der Waals surface area contributed by atoms with E-state index in [1.807, 2.05) is 23.3 Å². The van der Waals surface area contributed by atoms with Crippen molar-refractivity contribution in [3.63, 3.8) is 0 Å². The fraction of sp³-hybridized carbons (Fsp3) is 0.462. The number of esters is 1. The number of thiophene rings is 1. The maximum atomic E-state index is 11.7. The van der Waals surface area contributed by atoms with Crippen LogP contribution in [0.25, 0.3) is 10.2 Å². The molecule has 0 unspecified atom stereocenters. The second-order valence-corrected chi connectivity index (χ2v) is 4.97. The molecule has 102 valence electrons. The highest BCUT2D eigenvalue weighted by Crippen LogP contribution is 2.27. The zero-order valence-electron chi connectivity index (χ0n) is 11.1.